The largest absolute Gasteiger partial charge is 0.437 e. The second-order valence-electron chi connectivity index (χ2n) is 3.15. The van der Waals surface area contributed by atoms with E-state index in [2.05, 4.69) is 13.5 Å². The van der Waals surface area contributed by atoms with Crippen molar-refractivity contribution < 1.29 is 4.65 Å². The lowest BCUT2D eigenvalue weighted by Crippen LogP contribution is -2.20. The van der Waals surface area contributed by atoms with Gasteiger partial charge >= 0.3 is 0 Å². The average Bonchev–Trinajstić information content (AvgIpc) is 1.88. The molecule has 1 aliphatic heterocycles. The van der Waals surface area contributed by atoms with Crippen LogP contribution in [-0.2, 0) is 4.65 Å². The Hall–Kier alpha value is -0.235. The summed E-state index contributed by atoms with van der Waals surface area (Å²) in [5.74, 6) is 0. The van der Waals surface area contributed by atoms with E-state index in [1.807, 2.05) is 0 Å². The first-order valence-corrected chi connectivity index (χ1v) is 4.05. The van der Waals surface area contributed by atoms with Gasteiger partial charge in [0.2, 0.25) is 0 Å². The molecule has 0 N–H and O–H groups in total. The van der Waals surface area contributed by atoms with Gasteiger partial charge in [0.25, 0.3) is 7.48 Å². The van der Waals surface area contributed by atoms with E-state index >= 15 is 0 Å². The maximum absolute atomic E-state index is 5.53. The summed E-state index contributed by atoms with van der Waals surface area (Å²) >= 11 is 0. The van der Waals surface area contributed by atoms with Gasteiger partial charge in [-0.3, -0.25) is 0 Å². The van der Waals surface area contributed by atoms with Crippen LogP contribution in [0.4, 0.5) is 0 Å². The Balaban J connectivity index is 2.19. The van der Waals surface area contributed by atoms with E-state index in [4.69, 9.17) is 4.65 Å². The van der Waals surface area contributed by atoms with Crippen molar-refractivity contribution in [3.8, 4) is 0 Å². The van der Waals surface area contributed by atoms with Crippen LogP contribution in [0.2, 0.25) is 6.32 Å². The van der Waals surface area contributed by atoms with Crippen molar-refractivity contribution in [3.05, 3.63) is 12.2 Å². The Labute approximate surface area is 63.7 Å². The first-order chi connectivity index (χ1) is 4.79. The standard InChI is InChI=1S/C8H15BO/c1-7(2)6-8-4-3-5-9-10-8/h8-9H,1,3-6H2,2H3. The zero-order valence-corrected chi connectivity index (χ0v) is 6.73. The van der Waals surface area contributed by atoms with E-state index in [1.165, 1.54) is 24.7 Å². The molecule has 1 heterocycles. The van der Waals surface area contributed by atoms with Gasteiger partial charge in [0.15, 0.2) is 0 Å². The molecule has 0 amide bonds. The van der Waals surface area contributed by atoms with Gasteiger partial charge in [0.05, 0.1) is 0 Å². The Morgan fingerprint density at radius 3 is 3.10 bits per heavy atom. The molecule has 0 aliphatic carbocycles. The van der Waals surface area contributed by atoms with E-state index < -0.39 is 0 Å². The summed E-state index contributed by atoms with van der Waals surface area (Å²) in [6, 6.07) is 0. The number of hydrogen-bond acceptors (Lipinski definition) is 1. The summed E-state index contributed by atoms with van der Waals surface area (Å²) in [6.45, 7) is 5.94. The van der Waals surface area contributed by atoms with Crippen LogP contribution in [0.5, 0.6) is 0 Å². The van der Waals surface area contributed by atoms with Gasteiger partial charge in [-0.1, -0.05) is 18.3 Å². The molecule has 1 unspecified atom stereocenters. The molecule has 0 aromatic rings. The van der Waals surface area contributed by atoms with Crippen LogP contribution in [0.15, 0.2) is 12.2 Å². The number of hydrogen-bond donors (Lipinski definition) is 0. The summed E-state index contributed by atoms with van der Waals surface area (Å²) in [5.41, 5.74) is 1.24. The molecular weight excluding hydrogens is 123 g/mol. The summed E-state index contributed by atoms with van der Waals surface area (Å²) in [4.78, 5) is 0. The van der Waals surface area contributed by atoms with Crippen LogP contribution in [0.25, 0.3) is 0 Å². The molecule has 0 saturated carbocycles. The van der Waals surface area contributed by atoms with Crippen LogP contribution in [0.1, 0.15) is 26.2 Å². The first-order valence-electron chi connectivity index (χ1n) is 4.05. The highest BCUT2D eigenvalue weighted by atomic mass is 16.4. The predicted octanol–water partition coefficient (Wildman–Crippen LogP) is 1.90. The molecular formula is C8H15BO. The zero-order chi connectivity index (χ0) is 7.40. The number of rotatable bonds is 2. The minimum Gasteiger partial charge on any atom is -0.437 e. The monoisotopic (exact) mass is 138 g/mol. The maximum Gasteiger partial charge on any atom is 0.275 e. The molecule has 1 nitrogen and oxygen atoms in total. The highest BCUT2D eigenvalue weighted by Crippen LogP contribution is 2.17. The predicted molar refractivity (Wildman–Crippen MR) is 45.5 cm³/mol. The van der Waals surface area contributed by atoms with Gasteiger partial charge in [0, 0.05) is 6.10 Å². The Bertz CT molecular complexity index is 116. The molecule has 0 bridgehead atoms. The molecule has 1 fully saturated rings. The van der Waals surface area contributed by atoms with E-state index in [-0.39, 0.29) is 0 Å². The SMILES string of the molecule is C=C(C)CC1CCCBO1. The van der Waals surface area contributed by atoms with Crippen LogP contribution >= 0.6 is 0 Å². The summed E-state index contributed by atoms with van der Waals surface area (Å²) in [6.07, 6.45) is 5.34. The lowest BCUT2D eigenvalue weighted by molar-refractivity contribution is 0.183. The van der Waals surface area contributed by atoms with Crippen molar-refractivity contribution in [1.29, 1.82) is 0 Å². The Morgan fingerprint density at radius 2 is 2.60 bits per heavy atom. The van der Waals surface area contributed by atoms with Crippen molar-refractivity contribution in [2.24, 2.45) is 0 Å². The zero-order valence-electron chi connectivity index (χ0n) is 6.73. The second-order valence-corrected chi connectivity index (χ2v) is 3.15. The van der Waals surface area contributed by atoms with Crippen molar-refractivity contribution in [3.63, 3.8) is 0 Å². The lowest BCUT2D eigenvalue weighted by Gasteiger charge is -2.22. The molecule has 1 saturated heterocycles. The topological polar surface area (TPSA) is 9.23 Å². The molecule has 0 spiro atoms. The van der Waals surface area contributed by atoms with E-state index in [9.17, 15) is 0 Å². The van der Waals surface area contributed by atoms with Crippen molar-refractivity contribution in [2.75, 3.05) is 0 Å². The van der Waals surface area contributed by atoms with Crippen LogP contribution in [0.3, 0.4) is 0 Å². The quantitative estimate of drug-likeness (QED) is 0.418. The van der Waals surface area contributed by atoms with E-state index in [0.717, 1.165) is 13.9 Å². The summed E-state index contributed by atoms with van der Waals surface area (Å²) in [5, 5.41) is 0. The van der Waals surface area contributed by atoms with Gasteiger partial charge < -0.3 is 4.65 Å². The third-order valence-corrected chi connectivity index (χ3v) is 1.85. The molecule has 10 heavy (non-hydrogen) atoms. The third kappa shape index (κ3) is 2.57. The highest BCUT2D eigenvalue weighted by molar-refractivity contribution is 6.27. The van der Waals surface area contributed by atoms with Gasteiger partial charge in [-0.15, -0.1) is 6.58 Å². The molecule has 1 atom stereocenters. The van der Waals surface area contributed by atoms with Crippen molar-refractivity contribution in [1.82, 2.24) is 0 Å². The minimum absolute atomic E-state index is 0.478. The second kappa shape index (κ2) is 3.82. The highest BCUT2D eigenvalue weighted by Gasteiger charge is 2.13. The Morgan fingerprint density at radius 1 is 1.80 bits per heavy atom. The summed E-state index contributed by atoms with van der Waals surface area (Å²) < 4.78 is 5.53. The fraction of sp³-hybridized carbons (Fsp3) is 0.750. The fourth-order valence-electron chi connectivity index (χ4n) is 1.36. The molecule has 2 heteroatoms. The smallest absolute Gasteiger partial charge is 0.275 e. The average molecular weight is 138 g/mol. The van der Waals surface area contributed by atoms with Crippen LogP contribution in [0, 0.1) is 0 Å². The van der Waals surface area contributed by atoms with Gasteiger partial charge in [-0.25, -0.2) is 0 Å². The molecule has 1 rings (SSSR count). The van der Waals surface area contributed by atoms with Crippen LogP contribution in [-0.4, -0.2) is 13.6 Å². The van der Waals surface area contributed by atoms with E-state index in [1.54, 1.807) is 0 Å². The van der Waals surface area contributed by atoms with Gasteiger partial charge in [0.1, 0.15) is 0 Å². The van der Waals surface area contributed by atoms with E-state index in [0.29, 0.717) is 6.10 Å². The molecule has 56 valence electrons. The third-order valence-electron chi connectivity index (χ3n) is 1.85. The van der Waals surface area contributed by atoms with Crippen LogP contribution < -0.4 is 0 Å². The minimum atomic E-state index is 0.478. The fourth-order valence-corrected chi connectivity index (χ4v) is 1.36. The van der Waals surface area contributed by atoms with Gasteiger partial charge in [-0.2, -0.15) is 0 Å². The molecule has 0 radical (unpaired) electrons. The molecule has 0 aromatic carbocycles. The normalized spacial score (nSPS) is 25.5. The van der Waals surface area contributed by atoms with Gasteiger partial charge in [-0.05, 0) is 19.8 Å². The molecule has 1 aliphatic rings. The Kier molecular flexibility index (Phi) is 3.00. The molecule has 0 aromatic heterocycles. The summed E-state index contributed by atoms with van der Waals surface area (Å²) in [7, 11) is 0.956. The lowest BCUT2D eigenvalue weighted by atomic mass is 9.85. The van der Waals surface area contributed by atoms with Crippen molar-refractivity contribution >= 4 is 7.48 Å². The first kappa shape index (κ1) is 7.87. The van der Waals surface area contributed by atoms with Crippen molar-refractivity contribution in [2.45, 2.75) is 38.6 Å². The maximum atomic E-state index is 5.53.